The molecule has 2 unspecified atom stereocenters. The maximum atomic E-state index is 13.0. The number of aliphatic carboxylic acids is 1. The third-order valence-electron chi connectivity index (χ3n) is 17.9. The van der Waals surface area contributed by atoms with Crippen molar-refractivity contribution < 1.29 is 42.9 Å². The highest BCUT2D eigenvalue weighted by Crippen LogP contribution is 2.19. The molecule has 0 radical (unpaired) electrons. The van der Waals surface area contributed by atoms with Crippen molar-refractivity contribution in [2.45, 2.75) is 399 Å². The first-order chi connectivity index (χ1) is 45.6. The van der Waals surface area contributed by atoms with E-state index in [9.17, 15) is 19.5 Å². The Balaban J connectivity index is 3.95. The molecule has 0 fully saturated rings. The van der Waals surface area contributed by atoms with Gasteiger partial charge in [0, 0.05) is 12.8 Å². The summed E-state index contributed by atoms with van der Waals surface area (Å²) in [6.07, 6.45) is 97.5. The first kappa shape index (κ1) is 89.7. The zero-order valence-corrected chi connectivity index (χ0v) is 62.1. The number of allylic oxidation sites excluding steroid dienone is 12. The van der Waals surface area contributed by atoms with Gasteiger partial charge in [-0.3, -0.25) is 9.59 Å². The van der Waals surface area contributed by atoms with Crippen LogP contribution in [0.25, 0.3) is 0 Å². The lowest BCUT2D eigenvalue weighted by molar-refractivity contribution is -0.870. The van der Waals surface area contributed by atoms with Crippen molar-refractivity contribution in [3.8, 4) is 0 Å². The molecular formula is C84H153NO8. The average molecular weight is 1310 g/mol. The normalized spacial score (nSPS) is 13.0. The predicted molar refractivity (Wildman–Crippen MR) is 398 cm³/mol. The van der Waals surface area contributed by atoms with Gasteiger partial charge in [0.25, 0.3) is 0 Å². The molecule has 0 aromatic heterocycles. The minimum atomic E-state index is -1.62. The number of hydrogen-bond acceptors (Lipinski definition) is 8. The average Bonchev–Trinajstić information content (AvgIpc) is 3.38. The quantitative estimate of drug-likeness (QED) is 0.0195. The first-order valence-corrected chi connectivity index (χ1v) is 40.1. The van der Waals surface area contributed by atoms with E-state index in [2.05, 4.69) is 86.8 Å². The van der Waals surface area contributed by atoms with Crippen molar-refractivity contribution in [3.63, 3.8) is 0 Å². The molecule has 0 heterocycles. The zero-order chi connectivity index (χ0) is 67.5. The number of carbonyl (C=O) groups is 3. The van der Waals surface area contributed by atoms with Crippen molar-refractivity contribution in [1.29, 1.82) is 0 Å². The number of esters is 2. The van der Waals surface area contributed by atoms with Crippen LogP contribution in [0.15, 0.2) is 72.9 Å². The largest absolute Gasteiger partial charge is 0.545 e. The van der Waals surface area contributed by atoms with Crippen LogP contribution in [0, 0.1) is 0 Å². The molecule has 93 heavy (non-hydrogen) atoms. The molecule has 0 aromatic carbocycles. The van der Waals surface area contributed by atoms with Gasteiger partial charge in [-0.15, -0.1) is 0 Å². The highest BCUT2D eigenvalue weighted by atomic mass is 16.7. The zero-order valence-electron chi connectivity index (χ0n) is 62.1. The fourth-order valence-corrected chi connectivity index (χ4v) is 11.9. The van der Waals surface area contributed by atoms with E-state index in [0.29, 0.717) is 17.4 Å². The van der Waals surface area contributed by atoms with Crippen LogP contribution in [-0.2, 0) is 33.3 Å². The van der Waals surface area contributed by atoms with E-state index in [-0.39, 0.29) is 32.2 Å². The van der Waals surface area contributed by atoms with Crippen LogP contribution in [-0.4, -0.2) is 82.3 Å². The topological polar surface area (TPSA) is 111 Å². The van der Waals surface area contributed by atoms with Gasteiger partial charge < -0.3 is 33.3 Å². The minimum Gasteiger partial charge on any atom is -0.545 e. The first-order valence-electron chi connectivity index (χ1n) is 40.1. The molecule has 0 aliphatic rings. The van der Waals surface area contributed by atoms with E-state index >= 15 is 0 Å². The van der Waals surface area contributed by atoms with Gasteiger partial charge >= 0.3 is 11.9 Å². The summed E-state index contributed by atoms with van der Waals surface area (Å²) in [7, 11) is 5.95. The van der Waals surface area contributed by atoms with Gasteiger partial charge in [0.05, 0.1) is 40.3 Å². The highest BCUT2D eigenvalue weighted by molar-refractivity contribution is 5.70. The van der Waals surface area contributed by atoms with E-state index in [0.717, 1.165) is 70.6 Å². The van der Waals surface area contributed by atoms with Crippen LogP contribution in [0.5, 0.6) is 0 Å². The molecule has 9 heteroatoms. The van der Waals surface area contributed by atoms with E-state index in [1.807, 2.05) is 21.1 Å². The Kier molecular flexibility index (Phi) is 71.9. The molecule has 0 aliphatic heterocycles. The van der Waals surface area contributed by atoms with Crippen LogP contribution in [0.4, 0.5) is 0 Å². The summed E-state index contributed by atoms with van der Waals surface area (Å²) in [6, 6.07) is 0. The van der Waals surface area contributed by atoms with Gasteiger partial charge in [-0.1, -0.05) is 363 Å². The van der Waals surface area contributed by atoms with Crippen LogP contribution >= 0.6 is 0 Å². The molecule has 0 saturated heterocycles. The lowest BCUT2D eigenvalue weighted by atomic mass is 10.0. The number of rotatable bonds is 75. The van der Waals surface area contributed by atoms with Crippen molar-refractivity contribution in [1.82, 2.24) is 0 Å². The Labute approximate surface area is 577 Å². The standard InChI is InChI=1S/C84H153NO8/c1-6-8-10-12-14-16-18-20-22-24-26-28-30-32-34-35-36-37-38-39-40-41-42-43-44-45-46-47-49-51-53-55-57-59-61-63-65-67-69-71-73-75-82(87)93-80(79-92-84(83(88)89)90-77-76-85(3,4)5)78-91-81(86)74-72-70-68-66-64-62-60-58-56-54-52-50-48-33-31-29-27-25-23-21-19-17-15-13-11-9-7-2/h8,10,14,16,19-22,25-28,80,84H,6-7,9,11-13,15,17-18,23-24,29-79H2,1-5H3/b10-8-,16-14-,21-19-,22-20-,27-25-,28-26-. The molecule has 0 rings (SSSR count). The number of carboxylic acid groups (broad SMARTS) is 1. The second-order valence-corrected chi connectivity index (χ2v) is 28.3. The van der Waals surface area contributed by atoms with Gasteiger partial charge in [0.2, 0.25) is 0 Å². The van der Waals surface area contributed by atoms with Crippen LogP contribution in [0.3, 0.4) is 0 Å². The number of ether oxygens (including phenoxy) is 4. The Bertz CT molecular complexity index is 1760. The van der Waals surface area contributed by atoms with Gasteiger partial charge in [0.15, 0.2) is 12.4 Å². The minimum absolute atomic E-state index is 0.149. The maximum Gasteiger partial charge on any atom is 0.306 e. The summed E-state index contributed by atoms with van der Waals surface area (Å²) < 4.78 is 22.9. The highest BCUT2D eigenvalue weighted by Gasteiger charge is 2.22. The number of likely N-dealkylation sites (N-methyl/N-ethyl adjacent to an activating group) is 1. The summed E-state index contributed by atoms with van der Waals surface area (Å²) in [4.78, 5) is 37.6. The molecule has 9 nitrogen and oxygen atoms in total. The van der Waals surface area contributed by atoms with Gasteiger partial charge in [-0.05, 0) is 83.5 Å². The number of carbonyl (C=O) groups excluding carboxylic acids is 3. The fraction of sp³-hybridized carbons (Fsp3) is 0.821. The molecular weight excluding hydrogens is 1150 g/mol. The Morgan fingerprint density at radius 3 is 0.914 bits per heavy atom. The van der Waals surface area contributed by atoms with Crippen LogP contribution < -0.4 is 5.11 Å². The van der Waals surface area contributed by atoms with Gasteiger partial charge in [-0.2, -0.15) is 0 Å². The molecule has 0 aromatic rings. The molecule has 2 atom stereocenters. The number of quaternary nitrogens is 1. The number of unbranched alkanes of at least 4 members (excludes halogenated alkanes) is 48. The number of hydrogen-bond donors (Lipinski definition) is 0. The van der Waals surface area contributed by atoms with E-state index in [1.54, 1.807) is 0 Å². The van der Waals surface area contributed by atoms with Crippen molar-refractivity contribution in [3.05, 3.63) is 72.9 Å². The predicted octanol–water partition coefficient (Wildman–Crippen LogP) is 24.3. The molecule has 0 spiro atoms. The van der Waals surface area contributed by atoms with E-state index in [1.165, 1.54) is 289 Å². The lowest BCUT2D eigenvalue weighted by Gasteiger charge is -2.26. The molecule has 542 valence electrons. The monoisotopic (exact) mass is 1300 g/mol. The Morgan fingerprint density at radius 1 is 0.333 bits per heavy atom. The third-order valence-corrected chi connectivity index (χ3v) is 17.9. The summed E-state index contributed by atoms with van der Waals surface area (Å²) >= 11 is 0. The Hall–Kier alpha value is -3.27. The van der Waals surface area contributed by atoms with Crippen LogP contribution in [0.1, 0.15) is 386 Å². The summed E-state index contributed by atoms with van der Waals surface area (Å²) in [6.45, 7) is 4.69. The van der Waals surface area contributed by atoms with Crippen LogP contribution in [0.2, 0.25) is 0 Å². The summed E-state index contributed by atoms with van der Waals surface area (Å²) in [5, 5.41) is 11.9. The summed E-state index contributed by atoms with van der Waals surface area (Å²) in [5.74, 6) is -2.26. The third kappa shape index (κ3) is 76.0. The second kappa shape index (κ2) is 74.5. The van der Waals surface area contributed by atoms with Crippen molar-refractivity contribution in [2.75, 3.05) is 47.5 Å². The van der Waals surface area contributed by atoms with Crippen molar-refractivity contribution >= 4 is 17.9 Å². The summed E-state index contributed by atoms with van der Waals surface area (Å²) in [5.41, 5.74) is 0. The number of carboxylic acids is 1. The maximum absolute atomic E-state index is 13.0. The van der Waals surface area contributed by atoms with E-state index in [4.69, 9.17) is 18.9 Å². The molecule has 0 bridgehead atoms. The Morgan fingerprint density at radius 2 is 0.613 bits per heavy atom. The number of nitrogens with zero attached hydrogens (tertiary/aromatic N) is 1. The molecule has 0 aliphatic carbocycles. The smallest absolute Gasteiger partial charge is 0.306 e. The lowest BCUT2D eigenvalue weighted by Crippen LogP contribution is -2.44. The second-order valence-electron chi connectivity index (χ2n) is 28.3. The SMILES string of the molecule is CC/C=C\C/C=C\C/C=C\C/C=C\CCCCCCCCCCCCCCCCCCCCCCCCCCCCCCC(=O)OC(COC(=O)CCCCCCCCCCCCCCCCC/C=C\C/C=C\CCCCCCC)COC(OCC[N+](C)(C)C)C(=O)[O-]. The molecule has 0 amide bonds. The van der Waals surface area contributed by atoms with Gasteiger partial charge in [0.1, 0.15) is 13.2 Å². The van der Waals surface area contributed by atoms with Crippen molar-refractivity contribution in [2.24, 2.45) is 0 Å². The molecule has 0 saturated carbocycles. The van der Waals surface area contributed by atoms with E-state index < -0.39 is 24.3 Å². The van der Waals surface area contributed by atoms with Gasteiger partial charge in [-0.25, -0.2) is 0 Å². The molecule has 0 N–H and O–H groups in total. The fourth-order valence-electron chi connectivity index (χ4n) is 11.9.